The maximum absolute atomic E-state index is 11.7. The molecule has 2 aliphatic rings. The van der Waals surface area contributed by atoms with Crippen LogP contribution in [0.2, 0.25) is 0 Å². The highest BCUT2D eigenvalue weighted by Crippen LogP contribution is 2.40. The smallest absolute Gasteiger partial charge is 0.407 e. The summed E-state index contributed by atoms with van der Waals surface area (Å²) in [5.41, 5.74) is 0.113. The first-order valence-corrected chi connectivity index (χ1v) is 7.09. The topological polar surface area (TPSA) is 50.4 Å². The molecule has 1 saturated carbocycles. The number of carbonyl (C=O) groups excluding carboxylic acids is 1. The molecule has 1 amide bonds. The number of alkyl carbamates (subject to hydrolysis) is 1. The summed E-state index contributed by atoms with van der Waals surface area (Å²) in [4.78, 5) is 11.7. The first-order valence-electron chi connectivity index (χ1n) is 7.09. The average Bonchev–Trinajstić information content (AvgIpc) is 2.68. The number of hydrogen-bond donors (Lipinski definition) is 2. The van der Waals surface area contributed by atoms with E-state index in [4.69, 9.17) is 4.74 Å². The van der Waals surface area contributed by atoms with Crippen LogP contribution in [0.1, 0.15) is 52.9 Å². The van der Waals surface area contributed by atoms with Crippen molar-refractivity contribution < 1.29 is 9.53 Å². The van der Waals surface area contributed by atoms with Crippen molar-refractivity contribution in [3.8, 4) is 0 Å². The van der Waals surface area contributed by atoms with Crippen molar-refractivity contribution >= 4 is 18.5 Å². The third-order valence-corrected chi connectivity index (χ3v) is 4.10. The summed E-state index contributed by atoms with van der Waals surface area (Å²) in [6, 6.07) is 0.297. The maximum Gasteiger partial charge on any atom is 0.407 e. The van der Waals surface area contributed by atoms with Gasteiger partial charge in [0.2, 0.25) is 0 Å². The van der Waals surface area contributed by atoms with E-state index in [2.05, 4.69) is 10.6 Å². The molecule has 0 unspecified atom stereocenters. The van der Waals surface area contributed by atoms with Gasteiger partial charge in [-0.05, 0) is 64.8 Å². The number of carbonyl (C=O) groups is 1. The monoisotopic (exact) mass is 290 g/mol. The third-order valence-electron chi connectivity index (χ3n) is 4.10. The Morgan fingerprint density at radius 2 is 1.89 bits per heavy atom. The first-order chi connectivity index (χ1) is 8.39. The molecule has 0 atom stereocenters. The average molecular weight is 291 g/mol. The second-order valence-electron chi connectivity index (χ2n) is 6.85. The Hall–Kier alpha value is -0.480. The van der Waals surface area contributed by atoms with Gasteiger partial charge in [0.1, 0.15) is 5.60 Å². The largest absolute Gasteiger partial charge is 0.444 e. The van der Waals surface area contributed by atoms with Crippen LogP contribution in [0.5, 0.6) is 0 Å². The van der Waals surface area contributed by atoms with Crippen LogP contribution in [0.25, 0.3) is 0 Å². The lowest BCUT2D eigenvalue weighted by atomic mass is 9.72. The third kappa shape index (κ3) is 4.84. The summed E-state index contributed by atoms with van der Waals surface area (Å²) in [6.07, 6.45) is 5.64. The molecule has 5 heteroatoms. The van der Waals surface area contributed by atoms with Crippen LogP contribution in [-0.4, -0.2) is 30.8 Å². The van der Waals surface area contributed by atoms with Gasteiger partial charge in [-0.2, -0.15) is 0 Å². The van der Waals surface area contributed by atoms with Gasteiger partial charge in [-0.25, -0.2) is 4.79 Å². The van der Waals surface area contributed by atoms with Gasteiger partial charge in [-0.15, -0.1) is 12.4 Å². The van der Waals surface area contributed by atoms with Crippen molar-refractivity contribution in [1.82, 2.24) is 10.6 Å². The first kappa shape index (κ1) is 16.6. The predicted molar refractivity (Wildman–Crippen MR) is 78.8 cm³/mol. The van der Waals surface area contributed by atoms with Crippen LogP contribution in [0.3, 0.4) is 0 Å². The van der Waals surface area contributed by atoms with Crippen molar-refractivity contribution in [2.75, 3.05) is 13.1 Å². The van der Waals surface area contributed by atoms with E-state index in [-0.39, 0.29) is 18.5 Å². The van der Waals surface area contributed by atoms with Crippen LogP contribution >= 0.6 is 12.4 Å². The fourth-order valence-electron chi connectivity index (χ4n) is 3.07. The van der Waals surface area contributed by atoms with Gasteiger partial charge in [-0.1, -0.05) is 0 Å². The lowest BCUT2D eigenvalue weighted by Crippen LogP contribution is -2.43. The molecule has 1 aliphatic carbocycles. The van der Waals surface area contributed by atoms with E-state index in [9.17, 15) is 4.79 Å². The van der Waals surface area contributed by atoms with E-state index >= 15 is 0 Å². The van der Waals surface area contributed by atoms with Crippen LogP contribution in [0.15, 0.2) is 0 Å². The number of ether oxygens (including phenoxy) is 1. The summed E-state index contributed by atoms with van der Waals surface area (Å²) in [5, 5.41) is 6.46. The zero-order chi connectivity index (χ0) is 13.2. The lowest BCUT2D eigenvalue weighted by Gasteiger charge is -2.37. The molecule has 2 fully saturated rings. The molecule has 1 heterocycles. The lowest BCUT2D eigenvalue weighted by molar-refractivity contribution is 0.0473. The summed E-state index contributed by atoms with van der Waals surface area (Å²) in [5.74, 6) is 0. The molecule has 19 heavy (non-hydrogen) atoms. The summed E-state index contributed by atoms with van der Waals surface area (Å²) >= 11 is 0. The highest BCUT2D eigenvalue weighted by Gasteiger charge is 2.38. The minimum absolute atomic E-state index is 0. The van der Waals surface area contributed by atoms with Crippen molar-refractivity contribution in [3.63, 3.8) is 0 Å². The highest BCUT2D eigenvalue weighted by molar-refractivity contribution is 5.85. The molecule has 0 aromatic rings. The molecule has 4 nitrogen and oxygen atoms in total. The van der Waals surface area contributed by atoms with E-state index < -0.39 is 5.60 Å². The van der Waals surface area contributed by atoms with Crippen LogP contribution in [0.4, 0.5) is 4.79 Å². The number of nitrogens with one attached hydrogen (secondary N) is 2. The Bertz CT molecular complexity index is 299. The quantitative estimate of drug-likeness (QED) is 0.781. The van der Waals surface area contributed by atoms with Gasteiger partial charge >= 0.3 is 6.09 Å². The van der Waals surface area contributed by atoms with Gasteiger partial charge in [0.05, 0.1) is 0 Å². The minimum atomic E-state index is -0.407. The van der Waals surface area contributed by atoms with E-state index in [1.54, 1.807) is 0 Å². The number of amides is 1. The molecule has 0 bridgehead atoms. The summed E-state index contributed by atoms with van der Waals surface area (Å²) in [6.45, 7) is 8.00. The number of hydrogen-bond acceptors (Lipinski definition) is 3. The van der Waals surface area contributed by atoms with E-state index in [0.29, 0.717) is 11.5 Å². The number of rotatable bonds is 1. The van der Waals surface area contributed by atoms with Gasteiger partial charge in [0.25, 0.3) is 0 Å². The van der Waals surface area contributed by atoms with Gasteiger partial charge < -0.3 is 15.4 Å². The molecule has 1 aliphatic heterocycles. The standard InChI is InChI=1S/C14H26N2O2.ClH/c1-13(2,3)18-12(17)16-11-4-6-14(7-5-11)8-9-15-10-14;/h11,15H,4-10H2,1-3H3,(H,16,17);1H. The highest BCUT2D eigenvalue weighted by atomic mass is 35.5. The van der Waals surface area contributed by atoms with Crippen molar-refractivity contribution in [2.45, 2.75) is 64.5 Å². The second kappa shape index (κ2) is 6.31. The summed E-state index contributed by atoms with van der Waals surface area (Å²) < 4.78 is 5.30. The molecular weight excluding hydrogens is 264 g/mol. The maximum atomic E-state index is 11.7. The Kier molecular flexibility index (Phi) is 5.51. The molecule has 0 aromatic carbocycles. The SMILES string of the molecule is CC(C)(C)OC(=O)NC1CCC2(CCNC2)CC1.Cl. The molecule has 1 saturated heterocycles. The predicted octanol–water partition coefficient (Wildman–Crippen LogP) is 2.86. The van der Waals surface area contributed by atoms with E-state index in [1.165, 1.54) is 19.3 Å². The molecular formula is C14H27ClN2O2. The van der Waals surface area contributed by atoms with Crippen LogP contribution in [0, 0.1) is 5.41 Å². The van der Waals surface area contributed by atoms with Crippen molar-refractivity contribution in [2.24, 2.45) is 5.41 Å². The van der Waals surface area contributed by atoms with Crippen molar-refractivity contribution in [1.29, 1.82) is 0 Å². The van der Waals surface area contributed by atoms with Gasteiger partial charge in [-0.3, -0.25) is 0 Å². The fourth-order valence-corrected chi connectivity index (χ4v) is 3.07. The zero-order valence-corrected chi connectivity index (χ0v) is 13.1. The van der Waals surface area contributed by atoms with Crippen LogP contribution in [-0.2, 0) is 4.74 Å². The molecule has 1 spiro atoms. The Labute approximate surface area is 122 Å². The molecule has 0 aromatic heterocycles. The summed E-state index contributed by atoms with van der Waals surface area (Å²) in [7, 11) is 0. The Balaban J connectivity index is 0.00000180. The number of halogens is 1. The molecule has 2 rings (SSSR count). The van der Waals surface area contributed by atoms with Gasteiger partial charge in [0, 0.05) is 12.6 Å². The Morgan fingerprint density at radius 3 is 2.37 bits per heavy atom. The Morgan fingerprint density at radius 1 is 1.26 bits per heavy atom. The molecule has 112 valence electrons. The normalized spacial score (nSPS) is 30.8. The fraction of sp³-hybridized carbons (Fsp3) is 0.929. The molecule has 0 radical (unpaired) electrons. The van der Waals surface area contributed by atoms with E-state index in [1.807, 2.05) is 20.8 Å². The van der Waals surface area contributed by atoms with E-state index in [0.717, 1.165) is 25.9 Å². The second-order valence-corrected chi connectivity index (χ2v) is 6.85. The molecule has 2 N–H and O–H groups in total. The van der Waals surface area contributed by atoms with Crippen LogP contribution < -0.4 is 10.6 Å². The van der Waals surface area contributed by atoms with Gasteiger partial charge in [0.15, 0.2) is 0 Å². The minimum Gasteiger partial charge on any atom is -0.444 e. The van der Waals surface area contributed by atoms with Crippen molar-refractivity contribution in [3.05, 3.63) is 0 Å². The zero-order valence-electron chi connectivity index (χ0n) is 12.3.